The zero-order valence-electron chi connectivity index (χ0n) is 10.2. The number of amides is 1. The van der Waals surface area contributed by atoms with Crippen LogP contribution in [0.25, 0.3) is 0 Å². The molecule has 1 unspecified atom stereocenters. The Morgan fingerprint density at radius 1 is 1.47 bits per heavy atom. The van der Waals surface area contributed by atoms with E-state index >= 15 is 0 Å². The van der Waals surface area contributed by atoms with E-state index in [9.17, 15) is 4.79 Å². The first-order valence-electron chi connectivity index (χ1n) is 6.23. The number of aromatic nitrogens is 1. The number of pyridine rings is 1. The first kappa shape index (κ1) is 12.6. The Labute approximate surface area is 120 Å². The first-order valence-corrected chi connectivity index (χ1v) is 7.49. The number of fused-ring (bicyclic) bond motifs is 1. The lowest BCUT2D eigenvalue weighted by atomic mass is 9.94. The van der Waals surface area contributed by atoms with Gasteiger partial charge in [-0.2, -0.15) is 0 Å². The van der Waals surface area contributed by atoms with E-state index < -0.39 is 0 Å². The van der Waals surface area contributed by atoms with E-state index in [0.29, 0.717) is 5.56 Å². The van der Waals surface area contributed by atoms with Gasteiger partial charge in [-0.15, -0.1) is 11.3 Å². The molecular weight excluding hydrogens is 280 g/mol. The van der Waals surface area contributed by atoms with E-state index in [2.05, 4.69) is 21.7 Å². The number of hydrogen-bond donors (Lipinski definition) is 1. The van der Waals surface area contributed by atoms with Gasteiger partial charge in [-0.3, -0.25) is 4.79 Å². The van der Waals surface area contributed by atoms with Gasteiger partial charge in [-0.25, -0.2) is 4.98 Å². The molecule has 0 saturated carbocycles. The Kier molecular flexibility index (Phi) is 3.53. The third kappa shape index (κ3) is 2.51. The number of rotatable bonds is 2. The molecule has 0 saturated heterocycles. The van der Waals surface area contributed by atoms with E-state index in [1.54, 1.807) is 29.7 Å². The molecule has 3 rings (SSSR count). The van der Waals surface area contributed by atoms with Gasteiger partial charge >= 0.3 is 0 Å². The van der Waals surface area contributed by atoms with Crippen LogP contribution in [0.2, 0.25) is 5.15 Å². The number of thiophene rings is 1. The van der Waals surface area contributed by atoms with Crippen LogP contribution in [0.4, 0.5) is 0 Å². The summed E-state index contributed by atoms with van der Waals surface area (Å²) in [6.45, 7) is 0. The van der Waals surface area contributed by atoms with Crippen molar-refractivity contribution in [1.29, 1.82) is 0 Å². The molecule has 98 valence electrons. The van der Waals surface area contributed by atoms with Crippen molar-refractivity contribution in [3.63, 3.8) is 0 Å². The number of aryl methyl sites for hydroxylation is 1. The lowest BCUT2D eigenvalue weighted by Crippen LogP contribution is -2.30. The number of carbonyl (C=O) groups excluding carboxylic acids is 1. The monoisotopic (exact) mass is 292 g/mol. The van der Waals surface area contributed by atoms with Crippen molar-refractivity contribution >= 4 is 28.8 Å². The predicted molar refractivity (Wildman–Crippen MR) is 76.7 cm³/mol. The van der Waals surface area contributed by atoms with Crippen LogP contribution in [-0.2, 0) is 6.42 Å². The summed E-state index contributed by atoms with van der Waals surface area (Å²) in [6, 6.07) is 5.62. The molecule has 0 fully saturated rings. The summed E-state index contributed by atoms with van der Waals surface area (Å²) in [5.74, 6) is -0.151. The molecule has 1 N–H and O–H groups in total. The molecule has 19 heavy (non-hydrogen) atoms. The topological polar surface area (TPSA) is 42.0 Å². The molecule has 1 aliphatic rings. The smallest absolute Gasteiger partial charge is 0.254 e. The van der Waals surface area contributed by atoms with Crippen LogP contribution in [-0.4, -0.2) is 10.9 Å². The summed E-state index contributed by atoms with van der Waals surface area (Å²) >= 11 is 7.71. The Balaban J connectivity index is 1.80. The second-order valence-electron chi connectivity index (χ2n) is 4.56. The summed E-state index contributed by atoms with van der Waals surface area (Å²) in [5.41, 5.74) is 1.69. The van der Waals surface area contributed by atoms with Gasteiger partial charge < -0.3 is 5.32 Å². The lowest BCUT2D eigenvalue weighted by Gasteiger charge is -2.23. The fourth-order valence-electron chi connectivity index (χ4n) is 2.43. The van der Waals surface area contributed by atoms with Gasteiger partial charge in [0.15, 0.2) is 0 Å². The molecule has 0 radical (unpaired) electrons. The summed E-state index contributed by atoms with van der Waals surface area (Å²) < 4.78 is 0. The second-order valence-corrected chi connectivity index (χ2v) is 5.92. The molecule has 1 aliphatic carbocycles. The van der Waals surface area contributed by atoms with E-state index in [0.717, 1.165) is 19.3 Å². The summed E-state index contributed by atoms with van der Waals surface area (Å²) in [6.07, 6.45) is 4.79. The molecule has 0 spiro atoms. The van der Waals surface area contributed by atoms with Crippen molar-refractivity contribution in [3.8, 4) is 0 Å². The third-order valence-corrected chi connectivity index (χ3v) is 4.66. The Bertz CT molecular complexity index is 611. The maximum Gasteiger partial charge on any atom is 0.254 e. The van der Waals surface area contributed by atoms with Gasteiger partial charge in [-0.05, 0) is 48.4 Å². The minimum absolute atomic E-state index is 0.0961. The van der Waals surface area contributed by atoms with Crippen molar-refractivity contribution in [2.45, 2.75) is 25.3 Å². The largest absolute Gasteiger partial charge is 0.345 e. The number of nitrogens with one attached hydrogen (secondary N) is 1. The normalized spacial score (nSPS) is 17.8. The fraction of sp³-hybridized carbons (Fsp3) is 0.286. The number of hydrogen-bond acceptors (Lipinski definition) is 3. The van der Waals surface area contributed by atoms with Crippen LogP contribution in [0.1, 0.15) is 39.7 Å². The molecule has 2 heterocycles. The van der Waals surface area contributed by atoms with Crippen molar-refractivity contribution in [2.24, 2.45) is 0 Å². The molecule has 5 heteroatoms. The quantitative estimate of drug-likeness (QED) is 0.859. The zero-order valence-corrected chi connectivity index (χ0v) is 11.8. The van der Waals surface area contributed by atoms with E-state index in [-0.39, 0.29) is 17.1 Å². The Hall–Kier alpha value is -1.39. The molecule has 0 aromatic carbocycles. The highest BCUT2D eigenvalue weighted by Crippen LogP contribution is 2.33. The van der Waals surface area contributed by atoms with Crippen LogP contribution >= 0.6 is 22.9 Å². The van der Waals surface area contributed by atoms with E-state index in [1.807, 2.05) is 0 Å². The summed E-state index contributed by atoms with van der Waals surface area (Å²) in [7, 11) is 0. The van der Waals surface area contributed by atoms with Gasteiger partial charge in [0.25, 0.3) is 5.91 Å². The molecular formula is C14H13ClN2OS. The molecule has 1 amide bonds. The SMILES string of the molecule is O=C(NC1CCCc2sccc21)c1cccnc1Cl. The van der Waals surface area contributed by atoms with Gasteiger partial charge in [0.05, 0.1) is 11.6 Å². The molecule has 2 aromatic rings. The van der Waals surface area contributed by atoms with E-state index in [1.165, 1.54) is 10.4 Å². The van der Waals surface area contributed by atoms with Crippen molar-refractivity contribution < 1.29 is 4.79 Å². The highest BCUT2D eigenvalue weighted by molar-refractivity contribution is 7.10. The van der Waals surface area contributed by atoms with E-state index in [4.69, 9.17) is 11.6 Å². The van der Waals surface area contributed by atoms with Crippen molar-refractivity contribution in [3.05, 3.63) is 50.9 Å². The highest BCUT2D eigenvalue weighted by atomic mass is 35.5. The highest BCUT2D eigenvalue weighted by Gasteiger charge is 2.23. The summed E-state index contributed by atoms with van der Waals surface area (Å²) in [5, 5.41) is 5.40. The fourth-order valence-corrected chi connectivity index (χ4v) is 3.62. The molecule has 2 aromatic heterocycles. The molecule has 1 atom stereocenters. The average molecular weight is 293 g/mol. The molecule has 3 nitrogen and oxygen atoms in total. The lowest BCUT2D eigenvalue weighted by molar-refractivity contribution is 0.0932. The maximum atomic E-state index is 12.2. The molecule has 0 aliphatic heterocycles. The molecule has 0 bridgehead atoms. The second kappa shape index (κ2) is 5.31. The third-order valence-electron chi connectivity index (χ3n) is 3.36. The Morgan fingerprint density at radius 2 is 2.37 bits per heavy atom. The Morgan fingerprint density at radius 3 is 3.21 bits per heavy atom. The zero-order chi connectivity index (χ0) is 13.2. The number of halogens is 1. The van der Waals surface area contributed by atoms with Crippen LogP contribution in [0.3, 0.4) is 0 Å². The van der Waals surface area contributed by atoms with Crippen molar-refractivity contribution in [2.75, 3.05) is 0 Å². The number of carbonyl (C=O) groups is 1. The van der Waals surface area contributed by atoms with Gasteiger partial charge in [0, 0.05) is 11.1 Å². The van der Waals surface area contributed by atoms with Gasteiger partial charge in [0.2, 0.25) is 0 Å². The number of nitrogens with zero attached hydrogens (tertiary/aromatic N) is 1. The van der Waals surface area contributed by atoms with Crippen LogP contribution in [0.15, 0.2) is 29.8 Å². The first-order chi connectivity index (χ1) is 9.25. The van der Waals surface area contributed by atoms with Crippen molar-refractivity contribution in [1.82, 2.24) is 10.3 Å². The summed E-state index contributed by atoms with van der Waals surface area (Å²) in [4.78, 5) is 17.6. The average Bonchev–Trinajstić information content (AvgIpc) is 2.88. The van der Waals surface area contributed by atoms with Crippen LogP contribution < -0.4 is 5.32 Å². The van der Waals surface area contributed by atoms with Gasteiger partial charge in [0.1, 0.15) is 5.15 Å². The van der Waals surface area contributed by atoms with Crippen LogP contribution in [0, 0.1) is 0 Å². The predicted octanol–water partition coefficient (Wildman–Crippen LogP) is 3.60. The minimum atomic E-state index is -0.151. The maximum absolute atomic E-state index is 12.2. The minimum Gasteiger partial charge on any atom is -0.345 e. The van der Waals surface area contributed by atoms with Crippen LogP contribution in [0.5, 0.6) is 0 Å². The van der Waals surface area contributed by atoms with Gasteiger partial charge in [-0.1, -0.05) is 11.6 Å². The standard InChI is InChI=1S/C14H13ClN2OS/c15-13-10(3-2-7-16-13)14(18)17-11-4-1-5-12-9(11)6-8-19-12/h2-3,6-8,11H,1,4-5H2,(H,17,18).